The van der Waals surface area contributed by atoms with E-state index in [4.69, 9.17) is 5.73 Å². The van der Waals surface area contributed by atoms with Gasteiger partial charge in [0.15, 0.2) is 0 Å². The zero-order chi connectivity index (χ0) is 17.2. The third kappa shape index (κ3) is 3.65. The summed E-state index contributed by atoms with van der Waals surface area (Å²) >= 11 is 0. The lowest BCUT2D eigenvalue weighted by Gasteiger charge is -2.53. The molecule has 1 saturated heterocycles. The Labute approximate surface area is 146 Å². The summed E-state index contributed by atoms with van der Waals surface area (Å²) in [5.74, 6) is 0.0896. The topological polar surface area (TPSA) is 49.6 Å². The molecule has 132 valence electrons. The molecule has 0 atom stereocenters. The number of carbonyl (C=O) groups is 1. The van der Waals surface area contributed by atoms with Crippen LogP contribution in [0.15, 0.2) is 30.3 Å². The predicted octanol–water partition coefficient (Wildman–Crippen LogP) is 2.77. The first-order valence-electron chi connectivity index (χ1n) is 9.28. The summed E-state index contributed by atoms with van der Waals surface area (Å²) in [6.45, 7) is 7.18. The van der Waals surface area contributed by atoms with E-state index in [1.54, 1.807) is 0 Å². The molecule has 3 rings (SSSR count). The first-order valence-corrected chi connectivity index (χ1v) is 9.28. The van der Waals surface area contributed by atoms with Gasteiger partial charge in [-0.1, -0.05) is 49.6 Å². The van der Waals surface area contributed by atoms with Gasteiger partial charge in [-0.15, -0.1) is 0 Å². The fourth-order valence-corrected chi connectivity index (χ4v) is 4.33. The molecule has 4 nitrogen and oxygen atoms in total. The molecule has 0 bridgehead atoms. The van der Waals surface area contributed by atoms with Crippen LogP contribution >= 0.6 is 0 Å². The molecule has 0 radical (unpaired) electrons. The van der Waals surface area contributed by atoms with Gasteiger partial charge in [-0.2, -0.15) is 0 Å². The molecule has 1 aliphatic carbocycles. The third-order valence-electron chi connectivity index (χ3n) is 5.63. The van der Waals surface area contributed by atoms with E-state index in [9.17, 15) is 4.79 Å². The molecule has 4 heteroatoms. The van der Waals surface area contributed by atoms with Crippen molar-refractivity contribution in [2.24, 2.45) is 5.73 Å². The average Bonchev–Trinajstić information content (AvgIpc) is 2.57. The molecular weight excluding hydrogens is 298 g/mol. The summed E-state index contributed by atoms with van der Waals surface area (Å²) in [5.41, 5.74) is 6.80. The first kappa shape index (κ1) is 17.4. The minimum absolute atomic E-state index is 0.0896. The van der Waals surface area contributed by atoms with E-state index in [0.717, 1.165) is 26.2 Å². The number of nitrogens with two attached hydrogens (primary N) is 1. The number of hydrogen-bond acceptors (Lipinski definition) is 3. The van der Waals surface area contributed by atoms with E-state index < -0.39 is 5.54 Å². The van der Waals surface area contributed by atoms with Gasteiger partial charge >= 0.3 is 0 Å². The van der Waals surface area contributed by atoms with Crippen LogP contribution in [0.3, 0.4) is 0 Å². The van der Waals surface area contributed by atoms with Crippen LogP contribution < -0.4 is 5.73 Å². The van der Waals surface area contributed by atoms with Gasteiger partial charge in [-0.05, 0) is 32.3 Å². The van der Waals surface area contributed by atoms with Crippen molar-refractivity contribution in [3.63, 3.8) is 0 Å². The molecule has 1 spiro atoms. The van der Waals surface area contributed by atoms with Crippen molar-refractivity contribution < 1.29 is 4.79 Å². The van der Waals surface area contributed by atoms with Crippen LogP contribution in [0.2, 0.25) is 0 Å². The Hall–Kier alpha value is -1.39. The Morgan fingerprint density at radius 1 is 1.12 bits per heavy atom. The number of amides is 1. The van der Waals surface area contributed by atoms with Crippen molar-refractivity contribution in [2.45, 2.75) is 63.6 Å². The van der Waals surface area contributed by atoms with E-state index >= 15 is 0 Å². The zero-order valence-electron chi connectivity index (χ0n) is 15.1. The quantitative estimate of drug-likeness (QED) is 0.928. The summed E-state index contributed by atoms with van der Waals surface area (Å²) in [7, 11) is 0. The van der Waals surface area contributed by atoms with Crippen molar-refractivity contribution in [3.8, 4) is 0 Å². The highest BCUT2D eigenvalue weighted by Crippen LogP contribution is 2.37. The van der Waals surface area contributed by atoms with Gasteiger partial charge in [0.25, 0.3) is 0 Å². The molecule has 1 aliphatic heterocycles. The number of nitrogens with zero attached hydrogens (tertiary/aromatic N) is 2. The van der Waals surface area contributed by atoms with Gasteiger partial charge in [0.05, 0.1) is 5.54 Å². The zero-order valence-corrected chi connectivity index (χ0v) is 15.1. The van der Waals surface area contributed by atoms with Crippen molar-refractivity contribution >= 4 is 5.91 Å². The maximum absolute atomic E-state index is 12.7. The van der Waals surface area contributed by atoms with Gasteiger partial charge in [0.1, 0.15) is 0 Å². The van der Waals surface area contributed by atoms with Crippen molar-refractivity contribution in [3.05, 3.63) is 35.9 Å². The average molecular weight is 329 g/mol. The smallest absolute Gasteiger partial charge is 0.242 e. The SMILES string of the molecule is CC(C)(N)C(=O)N1CCN(Cc2ccccc2)C2(CCCCC2)C1. The van der Waals surface area contributed by atoms with Gasteiger partial charge in [-0.3, -0.25) is 9.69 Å². The largest absolute Gasteiger partial charge is 0.338 e. The summed E-state index contributed by atoms with van der Waals surface area (Å²) in [6, 6.07) is 10.7. The molecule has 1 heterocycles. The molecular formula is C20H31N3O. The number of piperazine rings is 1. The van der Waals surface area contributed by atoms with Crippen LogP contribution in [-0.2, 0) is 11.3 Å². The molecule has 2 aliphatic rings. The van der Waals surface area contributed by atoms with Crippen molar-refractivity contribution in [1.29, 1.82) is 0 Å². The van der Waals surface area contributed by atoms with Crippen LogP contribution in [0.5, 0.6) is 0 Å². The lowest BCUT2D eigenvalue weighted by atomic mass is 9.78. The summed E-state index contributed by atoms with van der Waals surface area (Å²) in [6.07, 6.45) is 6.22. The molecule has 1 saturated carbocycles. The lowest BCUT2D eigenvalue weighted by Crippen LogP contribution is -2.66. The van der Waals surface area contributed by atoms with E-state index in [2.05, 4.69) is 35.2 Å². The number of carbonyl (C=O) groups excluding carboxylic acids is 1. The molecule has 0 aromatic heterocycles. The third-order valence-corrected chi connectivity index (χ3v) is 5.63. The number of rotatable bonds is 3. The molecule has 2 N–H and O–H groups in total. The van der Waals surface area contributed by atoms with Crippen LogP contribution in [0.25, 0.3) is 0 Å². The second kappa shape index (κ2) is 6.85. The van der Waals surface area contributed by atoms with Gasteiger partial charge in [0, 0.05) is 31.7 Å². The Morgan fingerprint density at radius 2 is 1.79 bits per heavy atom. The maximum atomic E-state index is 12.7. The predicted molar refractivity (Wildman–Crippen MR) is 97.5 cm³/mol. The summed E-state index contributed by atoms with van der Waals surface area (Å²) < 4.78 is 0. The monoisotopic (exact) mass is 329 g/mol. The van der Waals surface area contributed by atoms with E-state index in [-0.39, 0.29) is 11.4 Å². The van der Waals surface area contributed by atoms with E-state index in [0.29, 0.717) is 0 Å². The molecule has 2 fully saturated rings. The highest BCUT2D eigenvalue weighted by molar-refractivity contribution is 5.85. The number of hydrogen-bond donors (Lipinski definition) is 1. The summed E-state index contributed by atoms with van der Waals surface area (Å²) in [5, 5.41) is 0. The minimum Gasteiger partial charge on any atom is -0.338 e. The highest BCUT2D eigenvalue weighted by atomic mass is 16.2. The van der Waals surface area contributed by atoms with Gasteiger partial charge in [0.2, 0.25) is 5.91 Å². The van der Waals surface area contributed by atoms with Crippen molar-refractivity contribution in [1.82, 2.24) is 9.80 Å². The number of benzene rings is 1. The molecule has 24 heavy (non-hydrogen) atoms. The second-order valence-corrected chi connectivity index (χ2v) is 8.14. The van der Waals surface area contributed by atoms with Crippen LogP contribution in [0.1, 0.15) is 51.5 Å². The van der Waals surface area contributed by atoms with E-state index in [1.807, 2.05) is 18.7 Å². The summed E-state index contributed by atoms with van der Waals surface area (Å²) in [4.78, 5) is 17.3. The highest BCUT2D eigenvalue weighted by Gasteiger charge is 2.44. The normalized spacial score (nSPS) is 21.9. The molecule has 1 amide bonds. The molecule has 1 aromatic carbocycles. The Kier molecular flexibility index (Phi) is 4.97. The fraction of sp³-hybridized carbons (Fsp3) is 0.650. The standard InChI is InChI=1S/C20H31N3O/c1-19(2,21)18(24)22-13-14-23(15-17-9-5-3-6-10-17)20(16-22)11-7-4-8-12-20/h3,5-6,9-10H,4,7-8,11-16,21H2,1-2H3. The maximum Gasteiger partial charge on any atom is 0.242 e. The second-order valence-electron chi connectivity index (χ2n) is 8.14. The van der Waals surface area contributed by atoms with Crippen LogP contribution in [-0.4, -0.2) is 46.4 Å². The van der Waals surface area contributed by atoms with Gasteiger partial charge in [-0.25, -0.2) is 0 Å². The first-order chi connectivity index (χ1) is 11.4. The van der Waals surface area contributed by atoms with Crippen LogP contribution in [0, 0.1) is 0 Å². The van der Waals surface area contributed by atoms with Gasteiger partial charge < -0.3 is 10.6 Å². The van der Waals surface area contributed by atoms with E-state index in [1.165, 1.54) is 37.7 Å². The molecule has 0 unspecified atom stereocenters. The van der Waals surface area contributed by atoms with Crippen LogP contribution in [0.4, 0.5) is 0 Å². The Balaban J connectivity index is 1.79. The van der Waals surface area contributed by atoms with Crippen molar-refractivity contribution in [2.75, 3.05) is 19.6 Å². The Morgan fingerprint density at radius 3 is 2.42 bits per heavy atom. The lowest BCUT2D eigenvalue weighted by molar-refractivity contribution is -0.143. The molecule has 1 aromatic rings. The minimum atomic E-state index is -0.780. The fourth-order valence-electron chi connectivity index (χ4n) is 4.33. The Bertz CT molecular complexity index is 558.